The van der Waals surface area contributed by atoms with Crippen molar-refractivity contribution in [1.82, 2.24) is 0 Å². The largest absolute Gasteiger partial charge is 0.384 e. The Morgan fingerprint density at radius 1 is 1.54 bits per heavy atom. The molecule has 3 aliphatic carbocycles. The van der Waals surface area contributed by atoms with Crippen LogP contribution in [0.3, 0.4) is 0 Å². The van der Waals surface area contributed by atoms with Crippen molar-refractivity contribution in [3.63, 3.8) is 0 Å². The third-order valence-electron chi connectivity index (χ3n) is 4.18. The molecule has 0 amide bonds. The van der Waals surface area contributed by atoms with Crippen molar-refractivity contribution in [2.75, 3.05) is 13.7 Å². The van der Waals surface area contributed by atoms with E-state index in [2.05, 4.69) is 19.9 Å². The highest BCUT2D eigenvalue weighted by Crippen LogP contribution is 2.59. The molecule has 0 aromatic rings. The van der Waals surface area contributed by atoms with E-state index >= 15 is 0 Å². The van der Waals surface area contributed by atoms with E-state index in [-0.39, 0.29) is 0 Å². The molecule has 1 unspecified atom stereocenters. The van der Waals surface area contributed by atoms with Crippen LogP contribution in [-0.2, 0) is 4.74 Å². The lowest BCUT2D eigenvalue weighted by Gasteiger charge is -2.56. The van der Waals surface area contributed by atoms with E-state index in [4.69, 9.17) is 4.74 Å². The number of methoxy groups -OCH3 is 1. The molecule has 74 valence electrons. The summed E-state index contributed by atoms with van der Waals surface area (Å²) in [6.45, 7) is 5.74. The van der Waals surface area contributed by atoms with Gasteiger partial charge in [0.25, 0.3) is 0 Å². The summed E-state index contributed by atoms with van der Waals surface area (Å²) in [5, 5.41) is 0. The van der Waals surface area contributed by atoms with Crippen LogP contribution in [0.2, 0.25) is 0 Å². The maximum absolute atomic E-state index is 5.14. The monoisotopic (exact) mass is 180 g/mol. The Morgan fingerprint density at radius 3 is 2.85 bits per heavy atom. The van der Waals surface area contributed by atoms with Crippen molar-refractivity contribution in [2.24, 2.45) is 17.3 Å². The average molecular weight is 180 g/mol. The van der Waals surface area contributed by atoms with Crippen molar-refractivity contribution in [1.29, 1.82) is 0 Å². The Morgan fingerprint density at radius 2 is 2.31 bits per heavy atom. The zero-order chi connectivity index (χ0) is 9.47. The molecule has 3 rings (SSSR count). The highest BCUT2D eigenvalue weighted by molar-refractivity contribution is 5.23. The summed E-state index contributed by atoms with van der Waals surface area (Å²) in [6, 6.07) is 0. The Labute approximate surface area is 81.2 Å². The first kappa shape index (κ1) is 9.26. The average Bonchev–Trinajstić information content (AvgIpc) is 2.14. The number of hydrogen-bond donors (Lipinski definition) is 0. The van der Waals surface area contributed by atoms with E-state index in [1.165, 1.54) is 12.8 Å². The van der Waals surface area contributed by atoms with Crippen LogP contribution in [0.15, 0.2) is 11.6 Å². The number of fused-ring (bicyclic) bond motifs is 1. The normalized spacial score (nSPS) is 35.2. The van der Waals surface area contributed by atoms with Crippen molar-refractivity contribution in [3.05, 3.63) is 11.6 Å². The van der Waals surface area contributed by atoms with Gasteiger partial charge in [-0.05, 0) is 36.5 Å². The molecule has 0 aromatic carbocycles. The van der Waals surface area contributed by atoms with Crippen LogP contribution >= 0.6 is 0 Å². The molecule has 3 aliphatic rings. The van der Waals surface area contributed by atoms with Crippen molar-refractivity contribution in [2.45, 2.75) is 33.1 Å². The number of allylic oxidation sites excluding steroid dienone is 1. The lowest BCUT2D eigenvalue weighted by molar-refractivity contribution is -0.0101. The molecule has 2 bridgehead atoms. The minimum Gasteiger partial charge on any atom is -0.384 e. The second-order valence-corrected chi connectivity index (χ2v) is 5.06. The van der Waals surface area contributed by atoms with Crippen LogP contribution < -0.4 is 0 Å². The highest BCUT2D eigenvalue weighted by atomic mass is 16.5. The standard InChI is InChI=1S/C12H20O/c1-12(2)10-5-4-9(6-7-13-3)11(12)8-10/h4,10-11H,5-8H2,1-3H3/t10?,11-/m0/s1. The molecule has 1 heteroatoms. The molecule has 0 aliphatic heterocycles. The molecule has 1 nitrogen and oxygen atoms in total. The summed E-state index contributed by atoms with van der Waals surface area (Å²) in [6.07, 6.45) is 6.35. The van der Waals surface area contributed by atoms with Gasteiger partial charge in [0.2, 0.25) is 0 Å². The summed E-state index contributed by atoms with van der Waals surface area (Å²) < 4.78 is 5.14. The predicted octanol–water partition coefficient (Wildman–Crippen LogP) is 3.02. The third-order valence-corrected chi connectivity index (χ3v) is 4.18. The van der Waals surface area contributed by atoms with Crippen molar-refractivity contribution >= 4 is 0 Å². The first-order valence-corrected chi connectivity index (χ1v) is 5.34. The molecule has 0 spiro atoms. The van der Waals surface area contributed by atoms with Gasteiger partial charge < -0.3 is 4.74 Å². The summed E-state index contributed by atoms with van der Waals surface area (Å²) in [4.78, 5) is 0. The van der Waals surface area contributed by atoms with Gasteiger partial charge in [-0.15, -0.1) is 0 Å². The lowest BCUT2D eigenvalue weighted by atomic mass is 9.48. The highest BCUT2D eigenvalue weighted by Gasteiger charge is 2.50. The van der Waals surface area contributed by atoms with Gasteiger partial charge in [-0.2, -0.15) is 0 Å². The van der Waals surface area contributed by atoms with E-state index in [0.29, 0.717) is 5.41 Å². The fourth-order valence-electron chi connectivity index (χ4n) is 2.98. The molecule has 0 aromatic heterocycles. The summed E-state index contributed by atoms with van der Waals surface area (Å²) in [7, 11) is 1.79. The van der Waals surface area contributed by atoms with Gasteiger partial charge in [0.05, 0.1) is 0 Å². The maximum atomic E-state index is 5.14. The van der Waals surface area contributed by atoms with Gasteiger partial charge in [0.15, 0.2) is 0 Å². The predicted molar refractivity (Wildman–Crippen MR) is 54.6 cm³/mol. The lowest BCUT2D eigenvalue weighted by Crippen LogP contribution is -2.48. The van der Waals surface area contributed by atoms with Gasteiger partial charge in [-0.25, -0.2) is 0 Å². The molecule has 0 radical (unpaired) electrons. The molecule has 2 atom stereocenters. The Hall–Kier alpha value is -0.300. The third kappa shape index (κ3) is 1.34. The molecule has 0 heterocycles. The van der Waals surface area contributed by atoms with E-state index in [9.17, 15) is 0 Å². The van der Waals surface area contributed by atoms with Gasteiger partial charge in [-0.1, -0.05) is 25.5 Å². The van der Waals surface area contributed by atoms with Crippen LogP contribution in [0.4, 0.5) is 0 Å². The van der Waals surface area contributed by atoms with Crippen LogP contribution in [0.25, 0.3) is 0 Å². The SMILES string of the molecule is COCCC1=CCC2C[C@@H]1C2(C)C. The van der Waals surface area contributed by atoms with Crippen LogP contribution in [0.5, 0.6) is 0 Å². The Bertz CT molecular complexity index is 227. The molecule has 0 saturated heterocycles. The fraction of sp³-hybridized carbons (Fsp3) is 0.833. The molecule has 1 saturated carbocycles. The second kappa shape index (κ2) is 3.13. The maximum Gasteiger partial charge on any atom is 0.0499 e. The van der Waals surface area contributed by atoms with Crippen LogP contribution in [-0.4, -0.2) is 13.7 Å². The summed E-state index contributed by atoms with van der Waals surface area (Å²) in [5.41, 5.74) is 2.24. The Kier molecular flexibility index (Phi) is 2.23. The van der Waals surface area contributed by atoms with Crippen molar-refractivity contribution in [3.8, 4) is 0 Å². The minimum atomic E-state index is 0.581. The van der Waals surface area contributed by atoms with Gasteiger partial charge in [-0.3, -0.25) is 0 Å². The quantitative estimate of drug-likeness (QED) is 0.607. The van der Waals surface area contributed by atoms with Crippen molar-refractivity contribution < 1.29 is 4.74 Å². The Balaban J connectivity index is 2.01. The number of hydrogen-bond acceptors (Lipinski definition) is 1. The van der Waals surface area contributed by atoms with E-state index in [1.54, 1.807) is 12.7 Å². The van der Waals surface area contributed by atoms with Crippen LogP contribution in [0.1, 0.15) is 33.1 Å². The topological polar surface area (TPSA) is 9.23 Å². The summed E-state index contributed by atoms with van der Waals surface area (Å²) >= 11 is 0. The number of ether oxygens (including phenoxy) is 1. The van der Waals surface area contributed by atoms with E-state index in [0.717, 1.165) is 24.9 Å². The van der Waals surface area contributed by atoms with Crippen LogP contribution in [0, 0.1) is 17.3 Å². The second-order valence-electron chi connectivity index (χ2n) is 5.06. The molecule has 1 fully saturated rings. The number of rotatable bonds is 3. The van der Waals surface area contributed by atoms with Gasteiger partial charge in [0, 0.05) is 13.7 Å². The van der Waals surface area contributed by atoms with E-state index < -0.39 is 0 Å². The zero-order valence-corrected chi connectivity index (χ0v) is 8.97. The molecular weight excluding hydrogens is 160 g/mol. The first-order chi connectivity index (χ1) is 6.16. The molecule has 0 N–H and O–H groups in total. The summed E-state index contributed by atoms with van der Waals surface area (Å²) in [5.74, 6) is 1.82. The van der Waals surface area contributed by atoms with Gasteiger partial charge in [0.1, 0.15) is 0 Å². The molecule has 13 heavy (non-hydrogen) atoms. The fourth-order valence-corrected chi connectivity index (χ4v) is 2.98. The smallest absolute Gasteiger partial charge is 0.0499 e. The first-order valence-electron chi connectivity index (χ1n) is 5.34. The van der Waals surface area contributed by atoms with Gasteiger partial charge >= 0.3 is 0 Å². The van der Waals surface area contributed by atoms with E-state index in [1.807, 2.05) is 0 Å². The molecular formula is C12H20O. The minimum absolute atomic E-state index is 0.581. The zero-order valence-electron chi connectivity index (χ0n) is 8.97.